The van der Waals surface area contributed by atoms with E-state index in [0.717, 1.165) is 5.56 Å². The van der Waals surface area contributed by atoms with Gasteiger partial charge in [-0.3, -0.25) is 4.79 Å². The first-order valence-corrected chi connectivity index (χ1v) is 5.18. The molecular weight excluding hydrogens is 204 g/mol. The summed E-state index contributed by atoms with van der Waals surface area (Å²) in [6.45, 7) is 1.61. The van der Waals surface area contributed by atoms with E-state index < -0.39 is 12.1 Å². The van der Waals surface area contributed by atoms with Crippen LogP contribution in [0.4, 0.5) is 0 Å². The summed E-state index contributed by atoms with van der Waals surface area (Å²) in [7, 11) is 0. The average Bonchev–Trinajstić information content (AvgIpc) is 2.30. The predicted molar refractivity (Wildman–Crippen MR) is 61.8 cm³/mol. The van der Waals surface area contributed by atoms with Crippen LogP contribution in [0.1, 0.15) is 12.5 Å². The molecule has 0 bridgehead atoms. The molecule has 0 saturated heterocycles. The summed E-state index contributed by atoms with van der Waals surface area (Å²) in [4.78, 5) is 21.9. The molecule has 0 aliphatic rings. The molecule has 1 rings (SSSR count). The number of rotatable bonds is 5. The van der Waals surface area contributed by atoms with Crippen LogP contribution in [0.5, 0.6) is 0 Å². The second-order valence-corrected chi connectivity index (χ2v) is 3.73. The smallest absolute Gasteiger partial charge is 0.237 e. The van der Waals surface area contributed by atoms with Gasteiger partial charge in [-0.15, -0.1) is 0 Å². The summed E-state index contributed by atoms with van der Waals surface area (Å²) < 4.78 is 0. The lowest BCUT2D eigenvalue weighted by Gasteiger charge is -2.13. The van der Waals surface area contributed by atoms with Crippen LogP contribution in [0.15, 0.2) is 30.3 Å². The quantitative estimate of drug-likeness (QED) is 0.699. The molecule has 0 spiro atoms. The summed E-state index contributed by atoms with van der Waals surface area (Å²) in [5.41, 5.74) is 6.73. The molecule has 0 aromatic heterocycles. The minimum Gasteiger partial charge on any atom is -0.346 e. The van der Waals surface area contributed by atoms with Crippen LogP contribution in [-0.2, 0) is 16.0 Å². The Morgan fingerprint density at radius 1 is 1.44 bits per heavy atom. The van der Waals surface area contributed by atoms with Crippen LogP contribution in [0, 0.1) is 0 Å². The molecule has 0 unspecified atom stereocenters. The number of carbonyl (C=O) groups is 2. The molecule has 4 heteroatoms. The van der Waals surface area contributed by atoms with E-state index in [0.29, 0.717) is 12.7 Å². The Labute approximate surface area is 94.8 Å². The third-order valence-electron chi connectivity index (χ3n) is 2.21. The number of hydrogen-bond acceptors (Lipinski definition) is 3. The Morgan fingerprint density at radius 2 is 2.06 bits per heavy atom. The van der Waals surface area contributed by atoms with Gasteiger partial charge in [0.1, 0.15) is 6.29 Å². The molecule has 16 heavy (non-hydrogen) atoms. The zero-order valence-corrected chi connectivity index (χ0v) is 9.22. The van der Waals surface area contributed by atoms with Gasteiger partial charge in [0.05, 0.1) is 12.1 Å². The molecule has 3 N–H and O–H groups in total. The van der Waals surface area contributed by atoms with E-state index >= 15 is 0 Å². The molecular formula is C12H16N2O2. The van der Waals surface area contributed by atoms with Crippen molar-refractivity contribution in [1.82, 2.24) is 5.32 Å². The van der Waals surface area contributed by atoms with Gasteiger partial charge in [-0.2, -0.15) is 0 Å². The van der Waals surface area contributed by atoms with Gasteiger partial charge in [0.2, 0.25) is 5.91 Å². The Hall–Kier alpha value is -1.68. The molecule has 4 nitrogen and oxygen atoms in total. The molecule has 1 aromatic rings. The van der Waals surface area contributed by atoms with Crippen molar-refractivity contribution >= 4 is 12.2 Å². The Morgan fingerprint density at radius 3 is 2.62 bits per heavy atom. The molecule has 0 radical (unpaired) electrons. The van der Waals surface area contributed by atoms with Gasteiger partial charge >= 0.3 is 0 Å². The second-order valence-electron chi connectivity index (χ2n) is 3.73. The van der Waals surface area contributed by atoms with Gasteiger partial charge in [0.15, 0.2) is 0 Å². The zero-order valence-electron chi connectivity index (χ0n) is 9.22. The maximum atomic E-state index is 11.5. The minimum absolute atomic E-state index is 0.302. The minimum atomic E-state index is -0.621. The number of nitrogens with one attached hydrogen (secondary N) is 1. The predicted octanol–water partition coefficient (Wildman–Crippen LogP) is 0.260. The summed E-state index contributed by atoms with van der Waals surface area (Å²) in [6, 6.07) is 8.41. The Balaban J connectivity index is 2.49. The number of nitrogens with two attached hydrogens (primary N) is 1. The SMILES string of the molecule is C[C@H](C=O)NC(=O)[C@@H](N)Cc1ccccc1. The van der Waals surface area contributed by atoms with Crippen molar-refractivity contribution in [3.63, 3.8) is 0 Å². The maximum absolute atomic E-state index is 11.5. The van der Waals surface area contributed by atoms with Gasteiger partial charge in [0, 0.05) is 0 Å². The first kappa shape index (κ1) is 12.4. The molecule has 0 aliphatic heterocycles. The molecule has 2 atom stereocenters. The van der Waals surface area contributed by atoms with Crippen molar-refractivity contribution in [3.05, 3.63) is 35.9 Å². The number of benzene rings is 1. The standard InChI is InChI=1S/C12H16N2O2/c1-9(8-15)14-12(16)11(13)7-10-5-3-2-4-6-10/h2-6,8-9,11H,7,13H2,1H3,(H,14,16)/t9-,11+/m1/s1. The largest absolute Gasteiger partial charge is 0.346 e. The zero-order chi connectivity index (χ0) is 12.0. The Bertz CT molecular complexity index is 351. The Kier molecular flexibility index (Phi) is 4.66. The lowest BCUT2D eigenvalue weighted by atomic mass is 10.1. The first-order chi connectivity index (χ1) is 7.63. The topological polar surface area (TPSA) is 72.2 Å². The first-order valence-electron chi connectivity index (χ1n) is 5.18. The monoisotopic (exact) mass is 220 g/mol. The lowest BCUT2D eigenvalue weighted by molar-refractivity contribution is -0.124. The van der Waals surface area contributed by atoms with Gasteiger partial charge < -0.3 is 15.8 Å². The number of amides is 1. The molecule has 1 amide bonds. The lowest BCUT2D eigenvalue weighted by Crippen LogP contribution is -2.46. The van der Waals surface area contributed by atoms with E-state index in [-0.39, 0.29) is 5.91 Å². The summed E-state index contributed by atoms with van der Waals surface area (Å²) in [5, 5.41) is 2.52. The van der Waals surface area contributed by atoms with Gasteiger partial charge in [-0.1, -0.05) is 30.3 Å². The van der Waals surface area contributed by atoms with Gasteiger partial charge in [0.25, 0.3) is 0 Å². The van der Waals surface area contributed by atoms with Crippen LogP contribution in [0.3, 0.4) is 0 Å². The molecule has 86 valence electrons. The molecule has 0 heterocycles. The van der Waals surface area contributed by atoms with E-state index in [2.05, 4.69) is 5.32 Å². The highest BCUT2D eigenvalue weighted by atomic mass is 16.2. The van der Waals surface area contributed by atoms with E-state index in [1.807, 2.05) is 30.3 Å². The van der Waals surface area contributed by atoms with Crippen molar-refractivity contribution in [3.8, 4) is 0 Å². The van der Waals surface area contributed by atoms with Crippen LogP contribution in [0.2, 0.25) is 0 Å². The second kappa shape index (κ2) is 6.02. The maximum Gasteiger partial charge on any atom is 0.237 e. The highest BCUT2D eigenvalue weighted by molar-refractivity contribution is 5.84. The highest BCUT2D eigenvalue weighted by Gasteiger charge is 2.15. The average molecular weight is 220 g/mol. The summed E-state index contributed by atoms with van der Waals surface area (Å²) in [5.74, 6) is -0.302. The van der Waals surface area contributed by atoms with Crippen molar-refractivity contribution < 1.29 is 9.59 Å². The normalized spacial score (nSPS) is 13.9. The van der Waals surface area contributed by atoms with Crippen molar-refractivity contribution in [2.75, 3.05) is 0 Å². The van der Waals surface area contributed by atoms with Gasteiger partial charge in [-0.05, 0) is 18.9 Å². The fourth-order valence-corrected chi connectivity index (χ4v) is 1.33. The fourth-order valence-electron chi connectivity index (χ4n) is 1.33. The molecule has 1 aromatic carbocycles. The third kappa shape index (κ3) is 3.82. The van der Waals surface area contributed by atoms with Crippen molar-refractivity contribution in [2.45, 2.75) is 25.4 Å². The molecule has 0 fully saturated rings. The van der Waals surface area contributed by atoms with Crippen LogP contribution >= 0.6 is 0 Å². The molecule has 0 aliphatic carbocycles. The number of hydrogen-bond donors (Lipinski definition) is 2. The van der Waals surface area contributed by atoms with E-state index in [1.54, 1.807) is 6.92 Å². The van der Waals surface area contributed by atoms with E-state index in [9.17, 15) is 9.59 Å². The fraction of sp³-hybridized carbons (Fsp3) is 0.333. The molecule has 0 saturated carbocycles. The number of carbonyl (C=O) groups excluding carboxylic acids is 2. The highest BCUT2D eigenvalue weighted by Crippen LogP contribution is 2.01. The third-order valence-corrected chi connectivity index (χ3v) is 2.21. The number of aldehydes is 1. The van der Waals surface area contributed by atoms with Crippen LogP contribution in [-0.4, -0.2) is 24.3 Å². The van der Waals surface area contributed by atoms with Gasteiger partial charge in [-0.25, -0.2) is 0 Å². The summed E-state index contributed by atoms with van der Waals surface area (Å²) in [6.07, 6.45) is 1.14. The van der Waals surface area contributed by atoms with Crippen LogP contribution in [0.25, 0.3) is 0 Å². The van der Waals surface area contributed by atoms with E-state index in [1.165, 1.54) is 0 Å². The van der Waals surface area contributed by atoms with Crippen molar-refractivity contribution in [1.29, 1.82) is 0 Å². The van der Waals surface area contributed by atoms with Crippen molar-refractivity contribution in [2.24, 2.45) is 5.73 Å². The van der Waals surface area contributed by atoms with Crippen LogP contribution < -0.4 is 11.1 Å². The van der Waals surface area contributed by atoms with E-state index in [4.69, 9.17) is 5.73 Å². The summed E-state index contributed by atoms with van der Waals surface area (Å²) >= 11 is 0.